The molecule has 0 amide bonds. The molecule has 0 atom stereocenters. The summed E-state index contributed by atoms with van der Waals surface area (Å²) in [5, 5.41) is 17.5. The van der Waals surface area contributed by atoms with Crippen LogP contribution in [0.4, 0.5) is 5.82 Å². The molecule has 25 heavy (non-hydrogen) atoms. The van der Waals surface area contributed by atoms with Gasteiger partial charge in [0, 0.05) is 31.4 Å². The van der Waals surface area contributed by atoms with Gasteiger partial charge in [0.05, 0.1) is 18.8 Å². The third kappa shape index (κ3) is 4.83. The van der Waals surface area contributed by atoms with Gasteiger partial charge in [0.1, 0.15) is 5.82 Å². The van der Waals surface area contributed by atoms with E-state index in [1.54, 1.807) is 0 Å². The van der Waals surface area contributed by atoms with Crippen LogP contribution in [0.3, 0.4) is 0 Å². The summed E-state index contributed by atoms with van der Waals surface area (Å²) in [7, 11) is 0. The van der Waals surface area contributed by atoms with Crippen molar-refractivity contribution >= 4 is 5.82 Å². The van der Waals surface area contributed by atoms with Crippen LogP contribution in [0.5, 0.6) is 0 Å². The van der Waals surface area contributed by atoms with Gasteiger partial charge in [0.15, 0.2) is 0 Å². The molecule has 1 saturated heterocycles. The van der Waals surface area contributed by atoms with E-state index in [4.69, 9.17) is 4.74 Å². The first-order chi connectivity index (χ1) is 12.3. The van der Waals surface area contributed by atoms with E-state index in [2.05, 4.69) is 47.7 Å². The Morgan fingerprint density at radius 1 is 1.24 bits per heavy atom. The lowest BCUT2D eigenvalue weighted by molar-refractivity contribution is 0.0699. The van der Waals surface area contributed by atoms with Gasteiger partial charge in [-0.3, -0.25) is 0 Å². The molecule has 0 aliphatic carbocycles. The maximum atomic E-state index is 9.33. The Balaban J connectivity index is 1.71. The molecule has 1 aromatic heterocycles. The lowest BCUT2D eigenvalue weighted by Gasteiger charge is -2.22. The average molecular weight is 343 g/mol. The summed E-state index contributed by atoms with van der Waals surface area (Å²) in [5.74, 6) is 1.62. The van der Waals surface area contributed by atoms with E-state index < -0.39 is 0 Å². The molecule has 5 nitrogen and oxygen atoms in total. The number of hydrogen-bond donors (Lipinski definition) is 2. The summed E-state index contributed by atoms with van der Waals surface area (Å²) in [5.41, 5.74) is 3.43. The zero-order valence-corrected chi connectivity index (χ0v) is 15.1. The molecule has 1 aliphatic rings. The third-order valence-electron chi connectivity index (χ3n) is 4.79. The second-order valence-corrected chi connectivity index (χ2v) is 6.75. The Labute approximate surface area is 150 Å². The SMILES string of the molecule is CCCc1ccc(-c2cc(NCC3CCOCC3)n(CCO)n2)cc1. The summed E-state index contributed by atoms with van der Waals surface area (Å²) >= 11 is 0. The number of hydrogen-bond acceptors (Lipinski definition) is 4. The lowest BCUT2D eigenvalue weighted by Crippen LogP contribution is -2.23. The minimum Gasteiger partial charge on any atom is -0.394 e. The summed E-state index contributed by atoms with van der Waals surface area (Å²) < 4.78 is 7.29. The van der Waals surface area contributed by atoms with Crippen molar-refractivity contribution in [3.63, 3.8) is 0 Å². The summed E-state index contributed by atoms with van der Waals surface area (Å²) in [4.78, 5) is 0. The van der Waals surface area contributed by atoms with Crippen molar-refractivity contribution in [2.45, 2.75) is 39.2 Å². The molecule has 5 heteroatoms. The largest absolute Gasteiger partial charge is 0.394 e. The summed E-state index contributed by atoms with van der Waals surface area (Å²) in [6, 6.07) is 10.7. The highest BCUT2D eigenvalue weighted by Crippen LogP contribution is 2.24. The minimum atomic E-state index is 0.0858. The minimum absolute atomic E-state index is 0.0858. The van der Waals surface area contributed by atoms with Gasteiger partial charge in [-0.1, -0.05) is 37.6 Å². The predicted molar refractivity (Wildman–Crippen MR) is 101 cm³/mol. The third-order valence-corrected chi connectivity index (χ3v) is 4.79. The predicted octanol–water partition coefficient (Wildman–Crippen LogP) is 3.33. The highest BCUT2D eigenvalue weighted by molar-refractivity contribution is 5.63. The molecule has 0 saturated carbocycles. The molecule has 3 rings (SSSR count). The van der Waals surface area contributed by atoms with Crippen LogP contribution in [-0.4, -0.2) is 41.3 Å². The van der Waals surface area contributed by atoms with Crippen LogP contribution >= 0.6 is 0 Å². The van der Waals surface area contributed by atoms with Crippen molar-refractivity contribution < 1.29 is 9.84 Å². The maximum absolute atomic E-state index is 9.33. The van der Waals surface area contributed by atoms with Gasteiger partial charge >= 0.3 is 0 Å². The zero-order valence-electron chi connectivity index (χ0n) is 15.1. The second kappa shape index (κ2) is 9.02. The molecule has 2 N–H and O–H groups in total. The first-order valence-corrected chi connectivity index (χ1v) is 9.39. The van der Waals surface area contributed by atoms with Crippen LogP contribution in [0.2, 0.25) is 0 Å². The number of nitrogens with zero attached hydrogens (tertiary/aromatic N) is 2. The number of anilines is 1. The zero-order chi connectivity index (χ0) is 17.5. The highest BCUT2D eigenvalue weighted by Gasteiger charge is 2.15. The van der Waals surface area contributed by atoms with Gasteiger partial charge in [0.25, 0.3) is 0 Å². The number of aliphatic hydroxyl groups excluding tert-OH is 1. The smallest absolute Gasteiger partial charge is 0.125 e. The Morgan fingerprint density at radius 3 is 2.68 bits per heavy atom. The van der Waals surface area contributed by atoms with Gasteiger partial charge in [-0.2, -0.15) is 5.10 Å². The van der Waals surface area contributed by atoms with Gasteiger partial charge in [-0.25, -0.2) is 4.68 Å². The number of aromatic nitrogens is 2. The van der Waals surface area contributed by atoms with Crippen molar-refractivity contribution in [1.82, 2.24) is 9.78 Å². The Hall–Kier alpha value is -1.85. The molecule has 1 aromatic carbocycles. The molecule has 0 unspecified atom stereocenters. The van der Waals surface area contributed by atoms with E-state index in [0.717, 1.165) is 62.5 Å². The quantitative estimate of drug-likeness (QED) is 0.772. The molecule has 2 aromatic rings. The number of aryl methyl sites for hydroxylation is 1. The molecule has 136 valence electrons. The number of benzene rings is 1. The maximum Gasteiger partial charge on any atom is 0.125 e. The summed E-state index contributed by atoms with van der Waals surface area (Å²) in [6.45, 7) is 5.43. The van der Waals surface area contributed by atoms with Crippen molar-refractivity contribution in [1.29, 1.82) is 0 Å². The molecule has 0 radical (unpaired) electrons. The van der Waals surface area contributed by atoms with E-state index in [1.165, 1.54) is 5.56 Å². The van der Waals surface area contributed by atoms with E-state index in [1.807, 2.05) is 4.68 Å². The van der Waals surface area contributed by atoms with Crippen molar-refractivity contribution in [2.24, 2.45) is 5.92 Å². The Morgan fingerprint density at radius 2 is 2.00 bits per heavy atom. The Bertz CT molecular complexity index is 645. The standard InChI is InChI=1S/C20H29N3O2/c1-2-3-16-4-6-18(7-5-16)19-14-20(23(22-19)10-11-24)21-15-17-8-12-25-13-9-17/h4-7,14,17,21,24H,2-3,8-13,15H2,1H3. The number of ether oxygens (including phenoxy) is 1. The van der Waals surface area contributed by atoms with Crippen LogP contribution in [0.1, 0.15) is 31.7 Å². The molecular formula is C20H29N3O2. The number of aliphatic hydroxyl groups is 1. The van der Waals surface area contributed by atoms with E-state index in [-0.39, 0.29) is 6.61 Å². The van der Waals surface area contributed by atoms with Gasteiger partial charge < -0.3 is 15.2 Å². The highest BCUT2D eigenvalue weighted by atomic mass is 16.5. The van der Waals surface area contributed by atoms with E-state index >= 15 is 0 Å². The molecule has 0 spiro atoms. The van der Waals surface area contributed by atoms with Crippen LogP contribution < -0.4 is 5.32 Å². The topological polar surface area (TPSA) is 59.3 Å². The van der Waals surface area contributed by atoms with E-state index in [0.29, 0.717) is 12.5 Å². The van der Waals surface area contributed by atoms with Crippen LogP contribution in [0.15, 0.2) is 30.3 Å². The van der Waals surface area contributed by atoms with Crippen LogP contribution in [-0.2, 0) is 17.7 Å². The molecule has 0 bridgehead atoms. The molecule has 1 aliphatic heterocycles. The fraction of sp³-hybridized carbons (Fsp3) is 0.550. The molecule has 1 fully saturated rings. The van der Waals surface area contributed by atoms with Gasteiger partial charge in [0.2, 0.25) is 0 Å². The van der Waals surface area contributed by atoms with Crippen molar-refractivity contribution in [3.05, 3.63) is 35.9 Å². The van der Waals surface area contributed by atoms with Crippen molar-refractivity contribution in [2.75, 3.05) is 31.7 Å². The average Bonchev–Trinajstić information content (AvgIpc) is 3.05. The fourth-order valence-corrected chi connectivity index (χ4v) is 3.30. The van der Waals surface area contributed by atoms with Crippen LogP contribution in [0.25, 0.3) is 11.3 Å². The van der Waals surface area contributed by atoms with Gasteiger partial charge in [-0.05, 0) is 30.7 Å². The number of nitrogens with one attached hydrogen (secondary N) is 1. The monoisotopic (exact) mass is 343 g/mol. The van der Waals surface area contributed by atoms with Crippen molar-refractivity contribution in [3.8, 4) is 11.3 Å². The second-order valence-electron chi connectivity index (χ2n) is 6.75. The van der Waals surface area contributed by atoms with Gasteiger partial charge in [-0.15, -0.1) is 0 Å². The molecule has 2 heterocycles. The van der Waals surface area contributed by atoms with E-state index in [9.17, 15) is 5.11 Å². The molecular weight excluding hydrogens is 314 g/mol. The number of rotatable bonds is 8. The lowest BCUT2D eigenvalue weighted by atomic mass is 10.0. The Kier molecular flexibility index (Phi) is 6.48. The first-order valence-electron chi connectivity index (χ1n) is 9.39. The fourth-order valence-electron chi connectivity index (χ4n) is 3.30. The normalized spacial score (nSPS) is 15.4. The van der Waals surface area contributed by atoms with Crippen LogP contribution in [0, 0.1) is 5.92 Å². The first kappa shape index (κ1) is 18.0. The summed E-state index contributed by atoms with van der Waals surface area (Å²) in [6.07, 6.45) is 4.47.